The Balaban J connectivity index is 1.57. The first-order valence-corrected chi connectivity index (χ1v) is 10.8. The van der Waals surface area contributed by atoms with E-state index in [1.54, 1.807) is 28.6 Å². The zero-order valence-corrected chi connectivity index (χ0v) is 16.3. The Morgan fingerprint density at radius 1 is 1.08 bits per heavy atom. The number of rotatable bonds is 3. The molecule has 1 aromatic carbocycles. The fraction of sp³-hybridized carbons (Fsp3) is 0.632. The first kappa shape index (κ1) is 17.9. The molecule has 4 rings (SSSR count). The summed E-state index contributed by atoms with van der Waals surface area (Å²) in [5.74, 6) is 0.466. The number of piperazine rings is 2. The molecule has 7 heteroatoms. The minimum atomic E-state index is -3.52. The Hall–Kier alpha value is -1.44. The van der Waals surface area contributed by atoms with Crippen molar-refractivity contribution >= 4 is 15.9 Å². The molecule has 0 N–H and O–H groups in total. The van der Waals surface area contributed by atoms with Crippen molar-refractivity contribution in [1.82, 2.24) is 14.1 Å². The van der Waals surface area contributed by atoms with Gasteiger partial charge in [-0.25, -0.2) is 8.42 Å². The van der Waals surface area contributed by atoms with Gasteiger partial charge in [0.25, 0.3) is 0 Å². The number of carbonyl (C=O) groups excluding carboxylic acids is 1. The lowest BCUT2D eigenvalue weighted by atomic mass is 9.94. The van der Waals surface area contributed by atoms with E-state index in [1.165, 1.54) is 0 Å². The number of nitrogens with zero attached hydrogens (tertiary/aromatic N) is 3. The van der Waals surface area contributed by atoms with Gasteiger partial charge in [0.15, 0.2) is 0 Å². The fourth-order valence-electron chi connectivity index (χ4n) is 4.34. The normalized spacial score (nSPS) is 27.2. The predicted molar refractivity (Wildman–Crippen MR) is 99.1 cm³/mol. The quantitative estimate of drug-likeness (QED) is 0.799. The molecule has 1 saturated carbocycles. The van der Waals surface area contributed by atoms with Crippen LogP contribution in [0.1, 0.15) is 26.7 Å². The van der Waals surface area contributed by atoms with Crippen LogP contribution in [-0.2, 0) is 14.8 Å². The van der Waals surface area contributed by atoms with Gasteiger partial charge in [-0.1, -0.05) is 18.2 Å². The maximum Gasteiger partial charge on any atom is 0.243 e. The van der Waals surface area contributed by atoms with Crippen molar-refractivity contribution in [2.75, 3.05) is 32.7 Å². The van der Waals surface area contributed by atoms with Gasteiger partial charge in [-0.2, -0.15) is 4.31 Å². The standard InChI is InChI=1S/C19H27N3O3S/c1-19(2)14-21(26(24,25)17-6-4-3-5-7-17)13-16-12-20(10-11-22(16)19)18(23)15-8-9-15/h3-7,15-16H,8-14H2,1-2H3/t16-/m0/s1. The van der Waals surface area contributed by atoms with E-state index in [4.69, 9.17) is 0 Å². The lowest BCUT2D eigenvalue weighted by molar-refractivity contribution is -0.138. The topological polar surface area (TPSA) is 60.9 Å². The Bertz CT molecular complexity index is 790. The van der Waals surface area contributed by atoms with E-state index in [-0.39, 0.29) is 23.4 Å². The van der Waals surface area contributed by atoms with Crippen molar-refractivity contribution in [3.05, 3.63) is 30.3 Å². The molecule has 0 unspecified atom stereocenters. The molecule has 3 aliphatic rings. The Kier molecular flexibility index (Phi) is 4.36. The molecule has 0 bridgehead atoms. The zero-order valence-electron chi connectivity index (χ0n) is 15.5. The van der Waals surface area contributed by atoms with Gasteiger partial charge in [0, 0.05) is 50.2 Å². The van der Waals surface area contributed by atoms with Crippen molar-refractivity contribution in [3.63, 3.8) is 0 Å². The number of carbonyl (C=O) groups is 1. The van der Waals surface area contributed by atoms with Crippen LogP contribution < -0.4 is 0 Å². The van der Waals surface area contributed by atoms with Crippen molar-refractivity contribution < 1.29 is 13.2 Å². The number of fused-ring (bicyclic) bond motifs is 1. The van der Waals surface area contributed by atoms with Gasteiger partial charge in [0.05, 0.1) is 4.90 Å². The SMILES string of the molecule is CC1(C)CN(S(=O)(=O)c2ccccc2)C[C@@H]2CN(C(=O)C3CC3)CCN21. The van der Waals surface area contributed by atoms with E-state index >= 15 is 0 Å². The highest BCUT2D eigenvalue weighted by Gasteiger charge is 2.47. The van der Waals surface area contributed by atoms with Crippen molar-refractivity contribution in [2.45, 2.75) is 43.2 Å². The lowest BCUT2D eigenvalue weighted by Gasteiger charge is -2.55. The molecule has 0 aromatic heterocycles. The van der Waals surface area contributed by atoms with E-state index in [1.807, 2.05) is 11.0 Å². The van der Waals surface area contributed by atoms with Gasteiger partial charge in [-0.05, 0) is 38.8 Å². The molecular formula is C19H27N3O3S. The van der Waals surface area contributed by atoms with Crippen LogP contribution in [0.2, 0.25) is 0 Å². The average molecular weight is 378 g/mol. The second-order valence-electron chi connectivity index (χ2n) is 8.33. The summed E-state index contributed by atoms with van der Waals surface area (Å²) >= 11 is 0. The van der Waals surface area contributed by atoms with Crippen LogP contribution in [0.4, 0.5) is 0 Å². The van der Waals surface area contributed by atoms with E-state index in [0.29, 0.717) is 24.5 Å². The van der Waals surface area contributed by atoms with E-state index in [0.717, 1.165) is 25.9 Å². The molecule has 26 heavy (non-hydrogen) atoms. The highest BCUT2D eigenvalue weighted by molar-refractivity contribution is 7.89. The van der Waals surface area contributed by atoms with Crippen LogP contribution in [-0.4, -0.2) is 72.7 Å². The third-order valence-electron chi connectivity index (χ3n) is 5.86. The van der Waals surface area contributed by atoms with Crippen LogP contribution in [0.15, 0.2) is 35.2 Å². The maximum absolute atomic E-state index is 13.1. The van der Waals surface area contributed by atoms with Crippen LogP contribution in [0.3, 0.4) is 0 Å². The average Bonchev–Trinajstić information content (AvgIpc) is 3.46. The van der Waals surface area contributed by atoms with Gasteiger partial charge in [0.1, 0.15) is 0 Å². The Morgan fingerprint density at radius 3 is 2.42 bits per heavy atom. The molecule has 0 spiro atoms. The van der Waals surface area contributed by atoms with Crippen LogP contribution in [0.5, 0.6) is 0 Å². The summed E-state index contributed by atoms with van der Waals surface area (Å²) in [7, 11) is -3.52. The fourth-order valence-corrected chi connectivity index (χ4v) is 6.00. The van der Waals surface area contributed by atoms with E-state index < -0.39 is 10.0 Å². The molecule has 0 radical (unpaired) electrons. The number of amides is 1. The molecule has 1 atom stereocenters. The molecule has 2 aliphatic heterocycles. The maximum atomic E-state index is 13.1. The molecule has 2 saturated heterocycles. The van der Waals surface area contributed by atoms with Crippen LogP contribution >= 0.6 is 0 Å². The minimum Gasteiger partial charge on any atom is -0.340 e. The number of sulfonamides is 1. The first-order chi connectivity index (χ1) is 12.3. The summed E-state index contributed by atoms with van der Waals surface area (Å²) < 4.78 is 27.8. The molecule has 1 amide bonds. The largest absolute Gasteiger partial charge is 0.340 e. The van der Waals surface area contributed by atoms with Crippen molar-refractivity contribution in [1.29, 1.82) is 0 Å². The Labute approximate surface area is 155 Å². The van der Waals surface area contributed by atoms with E-state index in [2.05, 4.69) is 18.7 Å². The third kappa shape index (κ3) is 3.17. The zero-order chi connectivity index (χ0) is 18.5. The molecule has 3 fully saturated rings. The molecule has 2 heterocycles. The first-order valence-electron chi connectivity index (χ1n) is 9.40. The molecule has 6 nitrogen and oxygen atoms in total. The molecule has 1 aromatic rings. The van der Waals surface area contributed by atoms with Gasteiger partial charge in [-0.15, -0.1) is 0 Å². The van der Waals surface area contributed by atoms with Gasteiger partial charge < -0.3 is 4.90 Å². The number of benzene rings is 1. The summed E-state index contributed by atoms with van der Waals surface area (Å²) in [5.41, 5.74) is -0.251. The smallest absolute Gasteiger partial charge is 0.243 e. The molecule has 142 valence electrons. The molecule has 1 aliphatic carbocycles. The van der Waals surface area contributed by atoms with Gasteiger partial charge in [-0.3, -0.25) is 9.69 Å². The minimum absolute atomic E-state index is 0.0497. The van der Waals surface area contributed by atoms with Crippen LogP contribution in [0, 0.1) is 5.92 Å². The van der Waals surface area contributed by atoms with E-state index in [9.17, 15) is 13.2 Å². The third-order valence-corrected chi connectivity index (χ3v) is 7.68. The van der Waals surface area contributed by atoms with Gasteiger partial charge in [0.2, 0.25) is 15.9 Å². The summed E-state index contributed by atoms with van der Waals surface area (Å²) in [5, 5.41) is 0. The lowest BCUT2D eigenvalue weighted by Crippen LogP contribution is -2.70. The predicted octanol–water partition coefficient (Wildman–Crippen LogP) is 1.39. The second-order valence-corrected chi connectivity index (χ2v) is 10.3. The number of hydrogen-bond acceptors (Lipinski definition) is 4. The summed E-state index contributed by atoms with van der Waals surface area (Å²) in [6, 6.07) is 8.68. The summed E-state index contributed by atoms with van der Waals surface area (Å²) in [6.07, 6.45) is 2.01. The highest BCUT2D eigenvalue weighted by atomic mass is 32.2. The highest BCUT2D eigenvalue weighted by Crippen LogP contribution is 2.35. The monoisotopic (exact) mass is 377 g/mol. The second kappa shape index (κ2) is 6.32. The molecular weight excluding hydrogens is 350 g/mol. The summed E-state index contributed by atoms with van der Waals surface area (Å²) in [4.78, 5) is 17.2. The van der Waals surface area contributed by atoms with Gasteiger partial charge >= 0.3 is 0 Å². The van der Waals surface area contributed by atoms with Crippen LogP contribution in [0.25, 0.3) is 0 Å². The van der Waals surface area contributed by atoms with Crippen molar-refractivity contribution in [3.8, 4) is 0 Å². The summed E-state index contributed by atoms with van der Waals surface area (Å²) in [6.45, 7) is 7.30. The Morgan fingerprint density at radius 2 is 1.77 bits per heavy atom. The van der Waals surface area contributed by atoms with Crippen molar-refractivity contribution in [2.24, 2.45) is 5.92 Å². The number of hydrogen-bond donors (Lipinski definition) is 0.